The highest BCUT2D eigenvalue weighted by atomic mass is 35.5. The molecule has 0 aliphatic carbocycles. The lowest BCUT2D eigenvalue weighted by atomic mass is 10.5. The van der Waals surface area contributed by atoms with Crippen LogP contribution < -0.4 is 11.3 Å². The molecule has 1 aromatic rings. The first-order valence-electron chi connectivity index (χ1n) is 5.70. The molecular formula is C10H17ClN4O4S. The van der Waals surface area contributed by atoms with Crippen molar-refractivity contribution >= 4 is 27.4 Å². The van der Waals surface area contributed by atoms with Gasteiger partial charge in [0.15, 0.2) is 5.82 Å². The molecule has 0 unspecified atom stereocenters. The maximum atomic E-state index is 12.2. The van der Waals surface area contributed by atoms with Gasteiger partial charge in [-0.3, -0.25) is 0 Å². The molecule has 0 aliphatic heterocycles. The molecule has 10 heteroatoms. The highest BCUT2D eigenvalue weighted by Gasteiger charge is 2.22. The van der Waals surface area contributed by atoms with Crippen molar-refractivity contribution in [3.63, 3.8) is 0 Å². The third-order valence-electron chi connectivity index (χ3n) is 2.45. The number of aliphatic hydroxyl groups is 1. The number of sulfonamides is 1. The number of nitrogens with zero attached hydrogens (tertiary/aromatic N) is 2. The highest BCUT2D eigenvalue weighted by Crippen LogP contribution is 2.23. The number of nitrogens with one attached hydrogen (secondary N) is 1. The van der Waals surface area contributed by atoms with Gasteiger partial charge in [0.05, 0.1) is 24.8 Å². The minimum atomic E-state index is -3.70. The summed E-state index contributed by atoms with van der Waals surface area (Å²) in [5.41, 5.74) is 2.26. The van der Waals surface area contributed by atoms with Crippen molar-refractivity contribution < 1.29 is 18.3 Å². The number of halogens is 1. The number of nitrogen functional groups attached to an aromatic ring is 1. The SMILES string of the molecule is CN(CCOCCO)S(=O)(=O)c1cnc(NN)c(Cl)c1. The van der Waals surface area contributed by atoms with Crippen LogP contribution in [0.5, 0.6) is 0 Å². The van der Waals surface area contributed by atoms with Gasteiger partial charge in [-0.15, -0.1) is 0 Å². The van der Waals surface area contributed by atoms with E-state index >= 15 is 0 Å². The Morgan fingerprint density at radius 1 is 1.55 bits per heavy atom. The number of hydrazine groups is 1. The maximum Gasteiger partial charge on any atom is 0.244 e. The summed E-state index contributed by atoms with van der Waals surface area (Å²) < 4.78 is 30.6. The van der Waals surface area contributed by atoms with Gasteiger partial charge in [-0.2, -0.15) is 4.31 Å². The molecule has 0 radical (unpaired) electrons. The average Bonchev–Trinajstić information content (AvgIpc) is 2.43. The number of likely N-dealkylation sites (N-methyl/N-ethyl adjacent to an activating group) is 1. The van der Waals surface area contributed by atoms with Crippen LogP contribution in [0.2, 0.25) is 5.02 Å². The summed E-state index contributed by atoms with van der Waals surface area (Å²) in [6, 6.07) is 1.27. The van der Waals surface area contributed by atoms with E-state index in [1.54, 1.807) is 0 Å². The largest absolute Gasteiger partial charge is 0.394 e. The van der Waals surface area contributed by atoms with Crippen LogP contribution in [-0.4, -0.2) is 56.2 Å². The van der Waals surface area contributed by atoms with Crippen molar-refractivity contribution in [1.29, 1.82) is 0 Å². The standard InChI is InChI=1S/C10H17ClN4O4S/c1-15(2-4-19-5-3-16)20(17,18)8-6-9(11)10(14-12)13-7-8/h6-7,16H,2-5,12H2,1H3,(H,13,14). The fourth-order valence-corrected chi connectivity index (χ4v) is 2.74. The molecule has 0 atom stereocenters. The zero-order valence-corrected chi connectivity index (χ0v) is 12.5. The number of aliphatic hydroxyl groups excluding tert-OH is 1. The highest BCUT2D eigenvalue weighted by molar-refractivity contribution is 7.89. The van der Waals surface area contributed by atoms with Crippen molar-refractivity contribution in [3.05, 3.63) is 17.3 Å². The lowest BCUT2D eigenvalue weighted by Gasteiger charge is -2.17. The van der Waals surface area contributed by atoms with E-state index in [0.717, 1.165) is 4.31 Å². The van der Waals surface area contributed by atoms with Crippen LogP contribution in [0.4, 0.5) is 5.82 Å². The van der Waals surface area contributed by atoms with Crippen molar-refractivity contribution in [2.45, 2.75) is 4.90 Å². The molecule has 1 aromatic heterocycles. The number of hydrogen-bond donors (Lipinski definition) is 3. The Morgan fingerprint density at radius 2 is 2.25 bits per heavy atom. The van der Waals surface area contributed by atoms with Gasteiger partial charge in [-0.1, -0.05) is 11.6 Å². The zero-order chi connectivity index (χ0) is 15.2. The van der Waals surface area contributed by atoms with Crippen LogP contribution in [0.25, 0.3) is 0 Å². The summed E-state index contributed by atoms with van der Waals surface area (Å²) >= 11 is 5.85. The number of nitrogens with two attached hydrogens (primary N) is 1. The molecule has 0 aromatic carbocycles. The molecule has 114 valence electrons. The monoisotopic (exact) mass is 324 g/mol. The number of ether oxygens (including phenoxy) is 1. The van der Waals surface area contributed by atoms with E-state index in [9.17, 15) is 8.42 Å². The summed E-state index contributed by atoms with van der Waals surface area (Å²) in [7, 11) is -2.28. The van der Waals surface area contributed by atoms with Gasteiger partial charge in [0, 0.05) is 19.8 Å². The van der Waals surface area contributed by atoms with Crippen LogP contribution in [-0.2, 0) is 14.8 Å². The maximum absolute atomic E-state index is 12.2. The first-order chi connectivity index (χ1) is 9.43. The molecule has 4 N–H and O–H groups in total. The smallest absolute Gasteiger partial charge is 0.244 e. The van der Waals surface area contributed by atoms with Gasteiger partial charge < -0.3 is 15.3 Å². The Labute approximate surface area is 122 Å². The minimum absolute atomic E-state index is 0.0360. The van der Waals surface area contributed by atoms with E-state index in [4.69, 9.17) is 27.3 Å². The molecule has 0 saturated carbocycles. The Morgan fingerprint density at radius 3 is 2.80 bits per heavy atom. The van der Waals surface area contributed by atoms with Gasteiger partial charge in [-0.25, -0.2) is 19.2 Å². The quantitative estimate of drug-likeness (QED) is 0.340. The zero-order valence-electron chi connectivity index (χ0n) is 10.9. The van der Waals surface area contributed by atoms with Gasteiger partial charge >= 0.3 is 0 Å². The fourth-order valence-electron chi connectivity index (χ4n) is 1.33. The second-order valence-electron chi connectivity index (χ2n) is 3.81. The molecule has 8 nitrogen and oxygen atoms in total. The molecule has 0 aliphatic rings. The van der Waals surface area contributed by atoms with Crippen LogP contribution in [0.3, 0.4) is 0 Å². The predicted octanol–water partition coefficient (Wildman–Crippen LogP) is -0.350. The van der Waals surface area contributed by atoms with Crippen LogP contribution in [0, 0.1) is 0 Å². The van der Waals surface area contributed by atoms with Gasteiger partial charge in [-0.05, 0) is 6.07 Å². The second kappa shape index (κ2) is 7.72. The minimum Gasteiger partial charge on any atom is -0.394 e. The third-order valence-corrected chi connectivity index (χ3v) is 4.56. The summed E-state index contributed by atoms with van der Waals surface area (Å²) in [5.74, 6) is 5.36. The Balaban J connectivity index is 2.79. The summed E-state index contributed by atoms with van der Waals surface area (Å²) in [5, 5.41) is 8.66. The van der Waals surface area contributed by atoms with E-state index in [2.05, 4.69) is 10.4 Å². The second-order valence-corrected chi connectivity index (χ2v) is 6.26. The van der Waals surface area contributed by atoms with E-state index in [-0.39, 0.29) is 42.1 Å². The molecule has 0 saturated heterocycles. The van der Waals surface area contributed by atoms with Crippen molar-refractivity contribution in [2.24, 2.45) is 5.84 Å². The van der Waals surface area contributed by atoms with Gasteiger partial charge in [0.25, 0.3) is 0 Å². The molecular weight excluding hydrogens is 308 g/mol. The molecule has 0 amide bonds. The molecule has 20 heavy (non-hydrogen) atoms. The van der Waals surface area contributed by atoms with Crippen molar-refractivity contribution in [1.82, 2.24) is 9.29 Å². The lowest BCUT2D eigenvalue weighted by molar-refractivity contribution is 0.0876. The van der Waals surface area contributed by atoms with Crippen molar-refractivity contribution in [3.8, 4) is 0 Å². The number of aromatic nitrogens is 1. The van der Waals surface area contributed by atoms with Crippen LogP contribution >= 0.6 is 11.6 Å². The molecule has 0 fully saturated rings. The van der Waals surface area contributed by atoms with E-state index in [0.29, 0.717) is 0 Å². The first-order valence-corrected chi connectivity index (χ1v) is 7.52. The molecule has 0 bridgehead atoms. The first kappa shape index (κ1) is 17.1. The number of anilines is 1. The summed E-state index contributed by atoms with van der Waals surface area (Å²) in [4.78, 5) is 3.78. The third kappa shape index (κ3) is 4.27. The topological polar surface area (TPSA) is 118 Å². The normalized spacial score (nSPS) is 11.8. The van der Waals surface area contributed by atoms with Gasteiger partial charge in [0.2, 0.25) is 10.0 Å². The Kier molecular flexibility index (Phi) is 6.59. The molecule has 0 spiro atoms. The summed E-state index contributed by atoms with van der Waals surface area (Å²) in [6.45, 7) is 0.387. The van der Waals surface area contributed by atoms with Crippen molar-refractivity contribution in [2.75, 3.05) is 38.8 Å². The van der Waals surface area contributed by atoms with Crippen LogP contribution in [0.1, 0.15) is 0 Å². The molecule has 1 rings (SSSR count). The van der Waals surface area contributed by atoms with Gasteiger partial charge in [0.1, 0.15) is 4.90 Å². The Bertz CT molecular complexity index is 540. The predicted molar refractivity (Wildman–Crippen MR) is 74.8 cm³/mol. The average molecular weight is 325 g/mol. The fraction of sp³-hybridized carbons (Fsp3) is 0.500. The van der Waals surface area contributed by atoms with Crippen LogP contribution in [0.15, 0.2) is 17.2 Å². The molecule has 1 heterocycles. The van der Waals surface area contributed by atoms with E-state index in [1.807, 2.05) is 0 Å². The van der Waals surface area contributed by atoms with E-state index in [1.165, 1.54) is 19.3 Å². The lowest BCUT2D eigenvalue weighted by Crippen LogP contribution is -2.30. The summed E-state index contributed by atoms with van der Waals surface area (Å²) in [6.07, 6.45) is 1.17. The Hall–Kier alpha value is -0.970. The number of hydrogen-bond acceptors (Lipinski definition) is 7. The number of pyridine rings is 1. The van der Waals surface area contributed by atoms with E-state index < -0.39 is 10.0 Å². The number of rotatable bonds is 8.